The standard InChI is InChI=1S/C10H21NO2S/c1-3-10(8-11,9(12)13)6-5-7-14-4-2/h3-8,11H2,1-2H3,(H,12,13). The third-order valence-corrected chi connectivity index (χ3v) is 3.65. The van der Waals surface area contributed by atoms with Gasteiger partial charge in [-0.15, -0.1) is 0 Å². The van der Waals surface area contributed by atoms with Crippen LogP contribution in [-0.4, -0.2) is 29.1 Å². The molecule has 0 saturated heterocycles. The summed E-state index contributed by atoms with van der Waals surface area (Å²) < 4.78 is 0. The number of rotatable bonds is 8. The lowest BCUT2D eigenvalue weighted by atomic mass is 9.81. The fraction of sp³-hybridized carbons (Fsp3) is 0.900. The van der Waals surface area contributed by atoms with Crippen molar-refractivity contribution >= 4 is 17.7 Å². The smallest absolute Gasteiger partial charge is 0.310 e. The molecule has 0 saturated carbocycles. The van der Waals surface area contributed by atoms with Gasteiger partial charge in [-0.3, -0.25) is 4.79 Å². The van der Waals surface area contributed by atoms with Crippen LogP contribution < -0.4 is 5.73 Å². The molecule has 0 amide bonds. The fourth-order valence-electron chi connectivity index (χ4n) is 1.43. The van der Waals surface area contributed by atoms with Crippen LogP contribution in [0.1, 0.15) is 33.1 Å². The molecular weight excluding hydrogens is 198 g/mol. The predicted molar refractivity (Wildman–Crippen MR) is 61.6 cm³/mol. The van der Waals surface area contributed by atoms with Crippen LogP contribution in [0, 0.1) is 5.41 Å². The van der Waals surface area contributed by atoms with E-state index in [0.717, 1.165) is 17.9 Å². The number of aliphatic carboxylic acids is 1. The summed E-state index contributed by atoms with van der Waals surface area (Å²) in [6.07, 6.45) is 2.26. The average molecular weight is 219 g/mol. The maximum absolute atomic E-state index is 11.1. The lowest BCUT2D eigenvalue weighted by molar-refractivity contribution is -0.149. The Labute approximate surface area is 90.4 Å². The van der Waals surface area contributed by atoms with Crippen molar-refractivity contribution in [2.45, 2.75) is 33.1 Å². The van der Waals surface area contributed by atoms with Crippen LogP contribution >= 0.6 is 11.8 Å². The minimum absolute atomic E-state index is 0.246. The Bertz CT molecular complexity index is 170. The molecule has 1 unspecified atom stereocenters. The zero-order valence-electron chi connectivity index (χ0n) is 9.08. The minimum Gasteiger partial charge on any atom is -0.481 e. The van der Waals surface area contributed by atoms with Crippen LogP contribution in [0.25, 0.3) is 0 Å². The highest BCUT2D eigenvalue weighted by atomic mass is 32.2. The van der Waals surface area contributed by atoms with E-state index in [1.807, 2.05) is 18.7 Å². The maximum atomic E-state index is 11.1. The van der Waals surface area contributed by atoms with Crippen molar-refractivity contribution < 1.29 is 9.90 Å². The van der Waals surface area contributed by atoms with E-state index < -0.39 is 11.4 Å². The van der Waals surface area contributed by atoms with E-state index in [1.54, 1.807) is 0 Å². The third-order valence-electron chi connectivity index (χ3n) is 2.67. The van der Waals surface area contributed by atoms with Crippen molar-refractivity contribution in [3.8, 4) is 0 Å². The Hall–Kier alpha value is -0.220. The van der Waals surface area contributed by atoms with Gasteiger partial charge >= 0.3 is 5.97 Å². The Morgan fingerprint density at radius 2 is 2.14 bits per heavy atom. The highest BCUT2D eigenvalue weighted by Crippen LogP contribution is 2.27. The van der Waals surface area contributed by atoms with Crippen LogP contribution in [0.5, 0.6) is 0 Å². The van der Waals surface area contributed by atoms with Crippen molar-refractivity contribution in [1.29, 1.82) is 0 Å². The summed E-state index contributed by atoms with van der Waals surface area (Å²) in [5.41, 5.74) is 4.86. The average Bonchev–Trinajstić information content (AvgIpc) is 2.18. The topological polar surface area (TPSA) is 63.3 Å². The SMILES string of the molecule is CCSCCCC(CC)(CN)C(=O)O. The first kappa shape index (κ1) is 13.8. The zero-order valence-corrected chi connectivity index (χ0v) is 9.90. The van der Waals surface area contributed by atoms with Gasteiger partial charge in [0.25, 0.3) is 0 Å². The monoisotopic (exact) mass is 219 g/mol. The van der Waals surface area contributed by atoms with E-state index in [1.165, 1.54) is 0 Å². The first-order chi connectivity index (χ1) is 6.63. The molecule has 0 aliphatic carbocycles. The van der Waals surface area contributed by atoms with Crippen LogP contribution in [0.15, 0.2) is 0 Å². The lowest BCUT2D eigenvalue weighted by Crippen LogP contribution is -2.38. The highest BCUT2D eigenvalue weighted by molar-refractivity contribution is 7.99. The van der Waals surface area contributed by atoms with Crippen molar-refractivity contribution in [3.05, 3.63) is 0 Å². The van der Waals surface area contributed by atoms with E-state index in [9.17, 15) is 4.79 Å². The van der Waals surface area contributed by atoms with Crippen LogP contribution in [0.2, 0.25) is 0 Å². The Morgan fingerprint density at radius 3 is 2.50 bits per heavy atom. The molecule has 0 fully saturated rings. The summed E-state index contributed by atoms with van der Waals surface area (Å²) in [7, 11) is 0. The fourth-order valence-corrected chi connectivity index (χ4v) is 2.06. The first-order valence-electron chi connectivity index (χ1n) is 5.14. The van der Waals surface area contributed by atoms with E-state index in [2.05, 4.69) is 6.92 Å². The van der Waals surface area contributed by atoms with E-state index in [0.29, 0.717) is 12.8 Å². The van der Waals surface area contributed by atoms with Gasteiger partial charge in [-0.05, 0) is 30.8 Å². The van der Waals surface area contributed by atoms with Crippen molar-refractivity contribution in [1.82, 2.24) is 0 Å². The molecule has 0 heterocycles. The summed E-state index contributed by atoms with van der Waals surface area (Å²) in [5.74, 6) is 1.38. The molecule has 4 heteroatoms. The molecule has 84 valence electrons. The quantitative estimate of drug-likeness (QED) is 0.613. The number of carboxylic acids is 1. The normalized spacial score (nSPS) is 15.1. The second kappa shape index (κ2) is 7.12. The van der Waals surface area contributed by atoms with Crippen LogP contribution in [0.4, 0.5) is 0 Å². The molecule has 0 radical (unpaired) electrons. The molecule has 0 aliphatic rings. The molecule has 3 N–H and O–H groups in total. The summed E-state index contributed by atoms with van der Waals surface area (Å²) in [6.45, 7) is 4.25. The number of hydrogen-bond donors (Lipinski definition) is 2. The Balaban J connectivity index is 4.02. The van der Waals surface area contributed by atoms with Crippen molar-refractivity contribution in [2.24, 2.45) is 11.1 Å². The molecule has 0 bridgehead atoms. The van der Waals surface area contributed by atoms with Gasteiger partial charge in [-0.2, -0.15) is 11.8 Å². The Morgan fingerprint density at radius 1 is 1.50 bits per heavy atom. The van der Waals surface area contributed by atoms with Crippen LogP contribution in [-0.2, 0) is 4.79 Å². The van der Waals surface area contributed by atoms with Crippen LogP contribution in [0.3, 0.4) is 0 Å². The summed E-state index contributed by atoms with van der Waals surface area (Å²) in [6, 6.07) is 0. The third kappa shape index (κ3) is 3.88. The highest BCUT2D eigenvalue weighted by Gasteiger charge is 2.34. The molecule has 0 rings (SSSR count). The molecular formula is C10H21NO2S. The zero-order chi connectivity index (χ0) is 11.0. The molecule has 0 aliphatic heterocycles. The van der Waals surface area contributed by atoms with Gasteiger partial charge in [0.2, 0.25) is 0 Å². The van der Waals surface area contributed by atoms with E-state index in [4.69, 9.17) is 10.8 Å². The predicted octanol–water partition coefficient (Wildman–Crippen LogP) is 1.96. The summed E-state index contributed by atoms with van der Waals surface area (Å²) >= 11 is 1.85. The number of thioether (sulfide) groups is 1. The maximum Gasteiger partial charge on any atom is 0.310 e. The minimum atomic E-state index is -0.746. The number of carboxylic acid groups (broad SMARTS) is 1. The first-order valence-corrected chi connectivity index (χ1v) is 6.29. The van der Waals surface area contributed by atoms with E-state index >= 15 is 0 Å². The number of carbonyl (C=O) groups is 1. The van der Waals surface area contributed by atoms with Gasteiger partial charge in [-0.1, -0.05) is 13.8 Å². The van der Waals surface area contributed by atoms with Crippen molar-refractivity contribution in [3.63, 3.8) is 0 Å². The van der Waals surface area contributed by atoms with Crippen molar-refractivity contribution in [2.75, 3.05) is 18.1 Å². The second-order valence-corrected chi connectivity index (χ2v) is 4.84. The molecule has 14 heavy (non-hydrogen) atoms. The largest absolute Gasteiger partial charge is 0.481 e. The van der Waals surface area contributed by atoms with Gasteiger partial charge in [-0.25, -0.2) is 0 Å². The lowest BCUT2D eigenvalue weighted by Gasteiger charge is -2.26. The molecule has 0 aromatic carbocycles. The van der Waals surface area contributed by atoms with Gasteiger partial charge in [0.15, 0.2) is 0 Å². The Kier molecular flexibility index (Phi) is 7.01. The van der Waals surface area contributed by atoms with Gasteiger partial charge < -0.3 is 10.8 Å². The van der Waals surface area contributed by atoms with Gasteiger partial charge in [0.1, 0.15) is 0 Å². The molecule has 0 aromatic rings. The van der Waals surface area contributed by atoms with Gasteiger partial charge in [0, 0.05) is 6.54 Å². The second-order valence-electron chi connectivity index (χ2n) is 3.44. The molecule has 1 atom stereocenters. The molecule has 0 spiro atoms. The summed E-state index contributed by atoms with van der Waals surface area (Å²) in [5, 5.41) is 9.09. The van der Waals surface area contributed by atoms with Gasteiger partial charge in [0.05, 0.1) is 5.41 Å². The molecule has 0 aromatic heterocycles. The summed E-state index contributed by atoms with van der Waals surface area (Å²) in [4.78, 5) is 11.1. The molecule has 3 nitrogen and oxygen atoms in total. The number of hydrogen-bond acceptors (Lipinski definition) is 3. The van der Waals surface area contributed by atoms with E-state index in [-0.39, 0.29) is 6.54 Å². The number of nitrogens with two attached hydrogens (primary N) is 1.